The predicted molar refractivity (Wildman–Crippen MR) is 109 cm³/mol. The fraction of sp³-hybridized carbons (Fsp3) is 0.190. The van der Waals surface area contributed by atoms with E-state index in [1.54, 1.807) is 33.3 Å². The van der Waals surface area contributed by atoms with Crippen LogP contribution in [0, 0.1) is 0 Å². The second kappa shape index (κ2) is 7.31. The monoisotopic (exact) mass is 392 g/mol. The minimum atomic E-state index is -0.546. The molecule has 0 fully saturated rings. The Balaban J connectivity index is 2.09. The summed E-state index contributed by atoms with van der Waals surface area (Å²) < 4.78 is 17.5. The number of hydrogen-bond acceptors (Lipinski definition) is 7. The largest absolute Gasteiger partial charge is 0.493 e. The molecule has 0 bridgehead atoms. The van der Waals surface area contributed by atoms with Crippen LogP contribution in [0.1, 0.15) is 17.4 Å². The molecule has 0 amide bonds. The molecular formula is C21H20N4O4. The summed E-state index contributed by atoms with van der Waals surface area (Å²) in [6.45, 7) is 1.97. The number of hydrogen-bond donors (Lipinski definition) is 1. The van der Waals surface area contributed by atoms with Crippen molar-refractivity contribution in [3.8, 4) is 22.6 Å². The molecule has 4 rings (SSSR count). The molecule has 0 aliphatic carbocycles. The van der Waals surface area contributed by atoms with Gasteiger partial charge in [0.05, 0.1) is 37.3 Å². The number of nitrogens with two attached hydrogens (primary N) is 1. The molecule has 0 radical (unpaired) electrons. The molecule has 2 aromatic heterocycles. The highest BCUT2D eigenvalue weighted by Gasteiger charge is 2.24. The molecule has 0 spiro atoms. The van der Waals surface area contributed by atoms with Crippen LogP contribution in [0.25, 0.3) is 27.7 Å². The quantitative estimate of drug-likeness (QED) is 0.520. The molecule has 0 unspecified atom stereocenters. The van der Waals surface area contributed by atoms with E-state index in [1.165, 1.54) is 4.52 Å². The zero-order valence-corrected chi connectivity index (χ0v) is 16.3. The first-order chi connectivity index (χ1) is 14.1. The fourth-order valence-corrected chi connectivity index (χ4v) is 3.30. The summed E-state index contributed by atoms with van der Waals surface area (Å²) in [5, 5.41) is 5.25. The summed E-state index contributed by atoms with van der Waals surface area (Å²) in [6, 6.07) is 12.8. The van der Waals surface area contributed by atoms with Gasteiger partial charge >= 0.3 is 5.97 Å². The van der Waals surface area contributed by atoms with E-state index in [0.29, 0.717) is 39.4 Å². The molecule has 148 valence electrons. The van der Waals surface area contributed by atoms with Crippen molar-refractivity contribution in [1.82, 2.24) is 14.6 Å². The molecule has 8 heteroatoms. The fourth-order valence-electron chi connectivity index (χ4n) is 3.30. The van der Waals surface area contributed by atoms with Crippen molar-refractivity contribution in [3.63, 3.8) is 0 Å². The van der Waals surface area contributed by atoms with E-state index in [9.17, 15) is 4.79 Å². The van der Waals surface area contributed by atoms with Crippen molar-refractivity contribution in [1.29, 1.82) is 0 Å². The van der Waals surface area contributed by atoms with E-state index in [-0.39, 0.29) is 12.3 Å². The normalized spacial score (nSPS) is 11.0. The van der Waals surface area contributed by atoms with Crippen LogP contribution < -0.4 is 15.2 Å². The van der Waals surface area contributed by atoms with Gasteiger partial charge in [0.15, 0.2) is 22.8 Å². The van der Waals surface area contributed by atoms with Crippen molar-refractivity contribution in [3.05, 3.63) is 48.2 Å². The van der Waals surface area contributed by atoms with Gasteiger partial charge in [-0.15, -0.1) is 0 Å². The maximum atomic E-state index is 12.7. The van der Waals surface area contributed by atoms with Gasteiger partial charge in [0.2, 0.25) is 0 Å². The van der Waals surface area contributed by atoms with Gasteiger partial charge in [-0.1, -0.05) is 30.3 Å². The first-order valence-electron chi connectivity index (χ1n) is 9.05. The lowest BCUT2D eigenvalue weighted by atomic mass is 10.0. The Kier molecular flexibility index (Phi) is 4.67. The minimum absolute atomic E-state index is 0.139. The summed E-state index contributed by atoms with van der Waals surface area (Å²) in [6.07, 6.45) is 0. The molecule has 29 heavy (non-hydrogen) atoms. The Labute approximate surface area is 166 Å². The van der Waals surface area contributed by atoms with Crippen molar-refractivity contribution in [2.75, 3.05) is 26.6 Å². The number of nitrogens with zero attached hydrogens (tertiary/aromatic N) is 3. The molecule has 0 saturated heterocycles. The molecule has 2 N–H and O–H groups in total. The highest BCUT2D eigenvalue weighted by atomic mass is 16.5. The maximum Gasteiger partial charge on any atom is 0.357 e. The third-order valence-corrected chi connectivity index (χ3v) is 4.62. The summed E-state index contributed by atoms with van der Waals surface area (Å²) in [4.78, 5) is 17.3. The van der Waals surface area contributed by atoms with Gasteiger partial charge < -0.3 is 19.9 Å². The number of benzene rings is 2. The summed E-state index contributed by atoms with van der Waals surface area (Å²) >= 11 is 0. The molecule has 0 aliphatic rings. The Morgan fingerprint density at radius 3 is 2.45 bits per heavy atom. The molecule has 4 aromatic rings. The molecule has 2 heterocycles. The second-order valence-corrected chi connectivity index (χ2v) is 6.27. The van der Waals surface area contributed by atoms with Gasteiger partial charge in [0.25, 0.3) is 0 Å². The number of carbonyl (C=O) groups excluding carboxylic acids is 1. The molecule has 0 atom stereocenters. The molecule has 2 aromatic carbocycles. The first-order valence-corrected chi connectivity index (χ1v) is 9.05. The number of rotatable bonds is 5. The van der Waals surface area contributed by atoms with Crippen molar-refractivity contribution < 1.29 is 19.0 Å². The number of fused-ring (bicyclic) bond motifs is 3. The summed E-state index contributed by atoms with van der Waals surface area (Å²) in [5.41, 5.74) is 8.89. The third-order valence-electron chi connectivity index (χ3n) is 4.62. The zero-order chi connectivity index (χ0) is 20.5. The van der Waals surface area contributed by atoms with Gasteiger partial charge in [0, 0.05) is 6.07 Å². The average Bonchev–Trinajstić information content (AvgIpc) is 3.11. The van der Waals surface area contributed by atoms with E-state index in [0.717, 1.165) is 5.56 Å². The standard InChI is InChI=1S/C21H20N4O4/c1-4-29-21(26)18-17(12-8-6-5-7-9-12)19(22)25-20(23-18)13-10-15(27-2)16(28-3)11-14(13)24-25/h5-11H,4,22H2,1-3H3. The molecular weight excluding hydrogens is 372 g/mol. The second-order valence-electron chi connectivity index (χ2n) is 6.27. The number of nitrogen functional groups attached to an aromatic ring is 1. The SMILES string of the molecule is CCOC(=O)c1nc2c3cc(OC)c(OC)cc3nn2c(N)c1-c1ccccc1. The van der Waals surface area contributed by atoms with E-state index in [2.05, 4.69) is 10.1 Å². The molecule has 0 saturated carbocycles. The highest BCUT2D eigenvalue weighted by molar-refractivity contribution is 6.02. The summed E-state index contributed by atoms with van der Waals surface area (Å²) in [7, 11) is 3.10. The van der Waals surface area contributed by atoms with Crippen LogP contribution in [0.15, 0.2) is 42.5 Å². The maximum absolute atomic E-state index is 12.7. The first kappa shape index (κ1) is 18.5. The van der Waals surface area contributed by atoms with Gasteiger partial charge in [-0.05, 0) is 18.6 Å². The Morgan fingerprint density at radius 2 is 1.79 bits per heavy atom. The average molecular weight is 392 g/mol. The van der Waals surface area contributed by atoms with E-state index in [4.69, 9.17) is 19.9 Å². The van der Waals surface area contributed by atoms with Gasteiger partial charge in [0.1, 0.15) is 5.82 Å². The summed E-state index contributed by atoms with van der Waals surface area (Å²) in [5.74, 6) is 0.810. The zero-order valence-electron chi connectivity index (χ0n) is 16.3. The lowest BCUT2D eigenvalue weighted by Gasteiger charge is -2.12. The van der Waals surface area contributed by atoms with Crippen LogP contribution in [-0.2, 0) is 4.74 Å². The minimum Gasteiger partial charge on any atom is -0.493 e. The van der Waals surface area contributed by atoms with Crippen LogP contribution in [-0.4, -0.2) is 41.4 Å². The Hall–Kier alpha value is -3.81. The predicted octanol–water partition coefficient (Wildman–Crippen LogP) is 3.33. The highest BCUT2D eigenvalue weighted by Crippen LogP contribution is 2.36. The van der Waals surface area contributed by atoms with Gasteiger partial charge in [-0.25, -0.2) is 9.78 Å². The van der Waals surface area contributed by atoms with Crippen LogP contribution >= 0.6 is 0 Å². The smallest absolute Gasteiger partial charge is 0.357 e. The number of anilines is 1. The van der Waals surface area contributed by atoms with E-state index >= 15 is 0 Å². The number of ether oxygens (including phenoxy) is 3. The molecule has 8 nitrogen and oxygen atoms in total. The van der Waals surface area contributed by atoms with Gasteiger partial charge in [-0.2, -0.15) is 9.61 Å². The topological polar surface area (TPSA) is 101 Å². The number of esters is 1. The Morgan fingerprint density at radius 1 is 1.10 bits per heavy atom. The van der Waals surface area contributed by atoms with Crippen LogP contribution in [0.5, 0.6) is 11.5 Å². The molecule has 0 aliphatic heterocycles. The van der Waals surface area contributed by atoms with Gasteiger partial charge in [-0.3, -0.25) is 0 Å². The number of aromatic nitrogens is 3. The van der Waals surface area contributed by atoms with Crippen molar-refractivity contribution >= 4 is 28.3 Å². The van der Waals surface area contributed by atoms with Crippen LogP contribution in [0.2, 0.25) is 0 Å². The third kappa shape index (κ3) is 2.98. The Bertz CT molecular complexity index is 1220. The van der Waals surface area contributed by atoms with Crippen LogP contribution in [0.4, 0.5) is 5.82 Å². The lowest BCUT2D eigenvalue weighted by Crippen LogP contribution is -2.14. The number of carbonyl (C=O) groups is 1. The van der Waals surface area contributed by atoms with E-state index in [1.807, 2.05) is 30.3 Å². The van der Waals surface area contributed by atoms with Crippen molar-refractivity contribution in [2.24, 2.45) is 0 Å². The van der Waals surface area contributed by atoms with Crippen molar-refractivity contribution in [2.45, 2.75) is 6.92 Å². The van der Waals surface area contributed by atoms with Crippen LogP contribution in [0.3, 0.4) is 0 Å². The van der Waals surface area contributed by atoms with E-state index < -0.39 is 5.97 Å². The lowest BCUT2D eigenvalue weighted by molar-refractivity contribution is 0.0520. The number of methoxy groups -OCH3 is 2.